The molecule has 5 heteroatoms. The van der Waals surface area contributed by atoms with Crippen LogP contribution in [0.5, 0.6) is 0 Å². The highest BCUT2D eigenvalue weighted by Gasteiger charge is 2.10. The van der Waals surface area contributed by atoms with E-state index in [1.807, 2.05) is 0 Å². The van der Waals surface area contributed by atoms with E-state index >= 15 is 0 Å². The molecule has 0 spiro atoms. The van der Waals surface area contributed by atoms with Crippen molar-refractivity contribution in [2.45, 2.75) is 18.9 Å². The average Bonchev–Trinajstić information content (AvgIpc) is 2.71. The van der Waals surface area contributed by atoms with E-state index < -0.39 is 6.04 Å². The fourth-order valence-corrected chi connectivity index (χ4v) is 1.16. The topological polar surface area (TPSA) is 83.8 Å². The molecule has 0 bridgehead atoms. The third-order valence-electron chi connectivity index (χ3n) is 1.97. The highest BCUT2D eigenvalue weighted by Crippen LogP contribution is 1.91. The first-order chi connectivity index (χ1) is 7.24. The van der Waals surface area contributed by atoms with Gasteiger partial charge in [-0.1, -0.05) is 6.08 Å². The molecule has 0 saturated carbocycles. The van der Waals surface area contributed by atoms with Gasteiger partial charge in [0.25, 0.3) is 0 Å². The molecule has 0 aliphatic rings. The summed E-state index contributed by atoms with van der Waals surface area (Å²) in [7, 11) is 0. The predicted octanol–water partition coefficient (Wildman–Crippen LogP) is -0.0282. The second-order valence-corrected chi connectivity index (χ2v) is 3.21. The Kier molecular flexibility index (Phi) is 4.56. The minimum Gasteiger partial charge on any atom is -0.354 e. The number of hydrogen-bond acceptors (Lipinski definition) is 3. The Balaban J connectivity index is 2.19. The van der Waals surface area contributed by atoms with E-state index in [-0.39, 0.29) is 5.91 Å². The van der Waals surface area contributed by atoms with Crippen LogP contribution in [-0.2, 0) is 11.2 Å². The Hall–Kier alpha value is -1.62. The molecular formula is C10H16N4O. The molecule has 0 radical (unpaired) electrons. The van der Waals surface area contributed by atoms with E-state index in [9.17, 15) is 4.79 Å². The summed E-state index contributed by atoms with van der Waals surface area (Å²) in [6.07, 6.45) is 6.24. The first-order valence-electron chi connectivity index (χ1n) is 4.86. The molecule has 1 amide bonds. The van der Waals surface area contributed by atoms with E-state index in [2.05, 4.69) is 21.9 Å². The number of nitrogens with one attached hydrogen (secondary N) is 2. The largest absolute Gasteiger partial charge is 0.354 e. The minimum absolute atomic E-state index is 0.151. The van der Waals surface area contributed by atoms with Crippen LogP contribution in [0.4, 0.5) is 0 Å². The van der Waals surface area contributed by atoms with Crippen LogP contribution in [0, 0.1) is 0 Å². The molecule has 1 aromatic rings. The third-order valence-corrected chi connectivity index (χ3v) is 1.97. The van der Waals surface area contributed by atoms with E-state index in [0.29, 0.717) is 19.4 Å². The average molecular weight is 208 g/mol. The number of aromatic nitrogens is 2. The molecule has 0 aromatic carbocycles. The number of rotatable bonds is 6. The lowest BCUT2D eigenvalue weighted by Crippen LogP contribution is -2.41. The van der Waals surface area contributed by atoms with Gasteiger partial charge in [-0.05, 0) is 6.42 Å². The zero-order chi connectivity index (χ0) is 11.1. The predicted molar refractivity (Wildman–Crippen MR) is 58.1 cm³/mol. The van der Waals surface area contributed by atoms with Crippen molar-refractivity contribution in [3.05, 3.63) is 30.9 Å². The van der Waals surface area contributed by atoms with Gasteiger partial charge in [-0.2, -0.15) is 0 Å². The van der Waals surface area contributed by atoms with Crippen LogP contribution in [-0.4, -0.2) is 28.5 Å². The normalized spacial score (nSPS) is 12.1. The van der Waals surface area contributed by atoms with Crippen molar-refractivity contribution in [3.8, 4) is 0 Å². The molecule has 15 heavy (non-hydrogen) atoms. The molecule has 0 saturated heterocycles. The maximum atomic E-state index is 11.3. The van der Waals surface area contributed by atoms with Crippen molar-refractivity contribution in [1.29, 1.82) is 0 Å². The first kappa shape index (κ1) is 11.5. The lowest BCUT2D eigenvalue weighted by molar-refractivity contribution is -0.122. The number of aromatic amines is 1. The zero-order valence-electron chi connectivity index (χ0n) is 8.57. The monoisotopic (exact) mass is 208 g/mol. The summed E-state index contributed by atoms with van der Waals surface area (Å²) in [5.41, 5.74) is 5.58. The van der Waals surface area contributed by atoms with Crippen LogP contribution in [0.25, 0.3) is 0 Å². The molecule has 82 valence electrons. The number of carbonyl (C=O) groups is 1. The molecule has 1 aromatic heterocycles. The van der Waals surface area contributed by atoms with Gasteiger partial charge in [0.2, 0.25) is 5.91 Å². The Bertz CT molecular complexity index is 307. The maximum absolute atomic E-state index is 11.3. The van der Waals surface area contributed by atoms with Gasteiger partial charge in [0, 0.05) is 25.4 Å². The zero-order valence-corrected chi connectivity index (χ0v) is 8.57. The number of nitrogens with two attached hydrogens (primary N) is 1. The van der Waals surface area contributed by atoms with Crippen LogP contribution in [0.1, 0.15) is 12.2 Å². The van der Waals surface area contributed by atoms with Crippen LogP contribution in [0.2, 0.25) is 0 Å². The summed E-state index contributed by atoms with van der Waals surface area (Å²) in [6.45, 7) is 4.07. The quantitative estimate of drug-likeness (QED) is 0.574. The summed E-state index contributed by atoms with van der Waals surface area (Å²) in [5.74, 6) is 0.703. The van der Waals surface area contributed by atoms with E-state index in [4.69, 9.17) is 5.73 Å². The van der Waals surface area contributed by atoms with Crippen LogP contribution < -0.4 is 11.1 Å². The summed E-state index contributed by atoms with van der Waals surface area (Å²) < 4.78 is 0. The van der Waals surface area contributed by atoms with Gasteiger partial charge in [-0.15, -0.1) is 6.58 Å². The van der Waals surface area contributed by atoms with Crippen LogP contribution in [0.15, 0.2) is 25.0 Å². The summed E-state index contributed by atoms with van der Waals surface area (Å²) in [4.78, 5) is 18.3. The lowest BCUT2D eigenvalue weighted by atomic mass is 10.2. The molecule has 0 aliphatic carbocycles. The molecule has 1 rings (SSSR count). The van der Waals surface area contributed by atoms with E-state index in [1.165, 1.54) is 0 Å². The van der Waals surface area contributed by atoms with Gasteiger partial charge in [-0.3, -0.25) is 4.79 Å². The Labute approximate surface area is 88.8 Å². The van der Waals surface area contributed by atoms with Crippen molar-refractivity contribution in [1.82, 2.24) is 15.3 Å². The smallest absolute Gasteiger partial charge is 0.237 e. The Morgan fingerprint density at radius 3 is 3.20 bits per heavy atom. The second kappa shape index (κ2) is 5.98. The van der Waals surface area contributed by atoms with Crippen LogP contribution >= 0.6 is 0 Å². The SMILES string of the molecule is C=CCC(N)C(=O)NCCc1ncc[nH]1. The fraction of sp³-hybridized carbons (Fsp3) is 0.400. The number of hydrogen-bond donors (Lipinski definition) is 3. The lowest BCUT2D eigenvalue weighted by Gasteiger charge is -2.09. The van der Waals surface area contributed by atoms with Gasteiger partial charge >= 0.3 is 0 Å². The number of amides is 1. The minimum atomic E-state index is -0.501. The van der Waals surface area contributed by atoms with E-state index in [1.54, 1.807) is 18.5 Å². The fourth-order valence-electron chi connectivity index (χ4n) is 1.16. The van der Waals surface area contributed by atoms with Gasteiger partial charge < -0.3 is 16.0 Å². The van der Waals surface area contributed by atoms with Gasteiger partial charge in [0.05, 0.1) is 6.04 Å². The van der Waals surface area contributed by atoms with E-state index in [0.717, 1.165) is 5.82 Å². The van der Waals surface area contributed by atoms with Crippen LogP contribution in [0.3, 0.4) is 0 Å². The van der Waals surface area contributed by atoms with Crippen molar-refractivity contribution in [3.63, 3.8) is 0 Å². The van der Waals surface area contributed by atoms with Crippen molar-refractivity contribution >= 4 is 5.91 Å². The van der Waals surface area contributed by atoms with Gasteiger partial charge in [0.15, 0.2) is 0 Å². The molecule has 1 unspecified atom stereocenters. The Morgan fingerprint density at radius 1 is 1.80 bits per heavy atom. The number of H-pyrrole nitrogens is 1. The second-order valence-electron chi connectivity index (χ2n) is 3.21. The highest BCUT2D eigenvalue weighted by molar-refractivity contribution is 5.81. The molecule has 5 nitrogen and oxygen atoms in total. The summed E-state index contributed by atoms with van der Waals surface area (Å²) in [5, 5.41) is 2.73. The summed E-state index contributed by atoms with van der Waals surface area (Å²) in [6, 6.07) is -0.501. The molecule has 0 fully saturated rings. The standard InChI is InChI=1S/C10H16N4O/c1-2-3-8(11)10(15)14-5-4-9-12-6-7-13-9/h2,6-8H,1,3-5,11H2,(H,12,13)(H,14,15). The molecule has 4 N–H and O–H groups in total. The highest BCUT2D eigenvalue weighted by atomic mass is 16.2. The molecule has 1 heterocycles. The Morgan fingerprint density at radius 2 is 2.60 bits per heavy atom. The third kappa shape index (κ3) is 3.95. The molecule has 0 aliphatic heterocycles. The first-order valence-corrected chi connectivity index (χ1v) is 4.86. The van der Waals surface area contributed by atoms with Gasteiger partial charge in [0.1, 0.15) is 5.82 Å². The summed E-state index contributed by atoms with van der Waals surface area (Å²) >= 11 is 0. The van der Waals surface area contributed by atoms with Crippen molar-refractivity contribution < 1.29 is 4.79 Å². The number of imidazole rings is 1. The molecular weight excluding hydrogens is 192 g/mol. The maximum Gasteiger partial charge on any atom is 0.237 e. The number of nitrogens with zero attached hydrogens (tertiary/aromatic N) is 1. The van der Waals surface area contributed by atoms with Gasteiger partial charge in [-0.25, -0.2) is 4.98 Å². The molecule has 1 atom stereocenters. The van der Waals surface area contributed by atoms with Crippen molar-refractivity contribution in [2.75, 3.05) is 6.54 Å². The number of carbonyl (C=O) groups excluding carboxylic acids is 1. The van der Waals surface area contributed by atoms with Crippen molar-refractivity contribution in [2.24, 2.45) is 5.73 Å².